The quantitative estimate of drug-likeness (QED) is 0.910. The molecule has 21 heavy (non-hydrogen) atoms. The second kappa shape index (κ2) is 4.85. The SMILES string of the molecule is CS(=O)(=O)c1nc(-c2ccc(C#N)c(C(F)(F)F)c2)n[nH]1. The van der Waals surface area contributed by atoms with E-state index in [1.165, 1.54) is 12.1 Å². The Bertz CT molecular complexity index is 834. The molecule has 1 N–H and O–H groups in total. The lowest BCUT2D eigenvalue weighted by Crippen LogP contribution is -2.08. The van der Waals surface area contributed by atoms with Crippen molar-refractivity contribution in [3.05, 3.63) is 29.3 Å². The van der Waals surface area contributed by atoms with Crippen molar-refractivity contribution >= 4 is 9.84 Å². The molecule has 1 aromatic carbocycles. The summed E-state index contributed by atoms with van der Waals surface area (Å²) in [4.78, 5) is 3.63. The predicted molar refractivity (Wildman–Crippen MR) is 64.6 cm³/mol. The molecule has 0 fully saturated rings. The standard InChI is InChI=1S/C11H7F3N4O2S/c1-21(19,20)10-16-9(17-18-10)6-2-3-7(5-15)8(4-6)11(12,13)14/h2-4H,1H3,(H,16,17,18). The van der Waals surface area contributed by atoms with E-state index in [2.05, 4.69) is 15.2 Å². The van der Waals surface area contributed by atoms with Crippen molar-refractivity contribution in [2.75, 3.05) is 6.26 Å². The van der Waals surface area contributed by atoms with Gasteiger partial charge >= 0.3 is 6.18 Å². The van der Waals surface area contributed by atoms with Gasteiger partial charge in [-0.25, -0.2) is 13.5 Å². The van der Waals surface area contributed by atoms with Gasteiger partial charge in [0.1, 0.15) is 0 Å². The first kappa shape index (κ1) is 15.0. The minimum atomic E-state index is -4.71. The van der Waals surface area contributed by atoms with Crippen LogP contribution in [0.4, 0.5) is 13.2 Å². The number of H-pyrrole nitrogens is 1. The second-order valence-electron chi connectivity index (χ2n) is 4.11. The molecular weight excluding hydrogens is 309 g/mol. The highest BCUT2D eigenvalue weighted by Gasteiger charge is 2.34. The summed E-state index contributed by atoms with van der Waals surface area (Å²) in [6.45, 7) is 0. The van der Waals surface area contributed by atoms with Crippen LogP contribution in [0.15, 0.2) is 23.4 Å². The molecule has 0 aliphatic rings. The van der Waals surface area contributed by atoms with Crippen LogP contribution in [0.1, 0.15) is 11.1 Å². The van der Waals surface area contributed by atoms with Crippen molar-refractivity contribution in [2.45, 2.75) is 11.3 Å². The molecule has 2 aromatic rings. The van der Waals surface area contributed by atoms with Crippen LogP contribution in [-0.2, 0) is 16.0 Å². The molecule has 1 heterocycles. The number of sulfone groups is 1. The molecule has 0 unspecified atom stereocenters. The third kappa shape index (κ3) is 3.03. The number of nitriles is 1. The highest BCUT2D eigenvalue weighted by atomic mass is 32.2. The van der Waals surface area contributed by atoms with E-state index in [4.69, 9.17) is 5.26 Å². The van der Waals surface area contributed by atoms with Crippen molar-refractivity contribution in [1.82, 2.24) is 15.2 Å². The van der Waals surface area contributed by atoms with Gasteiger partial charge in [-0.3, -0.25) is 0 Å². The molecule has 0 amide bonds. The number of aromatic nitrogens is 3. The first-order chi connectivity index (χ1) is 9.63. The molecule has 0 bridgehead atoms. The van der Waals surface area contributed by atoms with Gasteiger partial charge in [0.25, 0.3) is 0 Å². The van der Waals surface area contributed by atoms with Crippen molar-refractivity contribution in [1.29, 1.82) is 5.26 Å². The van der Waals surface area contributed by atoms with Crippen LogP contribution >= 0.6 is 0 Å². The molecule has 0 spiro atoms. The van der Waals surface area contributed by atoms with E-state index in [-0.39, 0.29) is 11.4 Å². The van der Waals surface area contributed by atoms with Gasteiger partial charge in [-0.1, -0.05) is 0 Å². The van der Waals surface area contributed by atoms with Crippen LogP contribution in [0, 0.1) is 11.3 Å². The Labute approximate surface area is 117 Å². The predicted octanol–water partition coefficient (Wildman–Crippen LogP) is 1.77. The van der Waals surface area contributed by atoms with E-state index in [1.807, 2.05) is 0 Å². The van der Waals surface area contributed by atoms with Gasteiger partial charge in [0, 0.05) is 11.8 Å². The maximum Gasteiger partial charge on any atom is 0.417 e. The van der Waals surface area contributed by atoms with Crippen LogP contribution in [0.3, 0.4) is 0 Å². The van der Waals surface area contributed by atoms with E-state index in [0.29, 0.717) is 6.07 Å². The molecule has 110 valence electrons. The van der Waals surface area contributed by atoms with Crippen molar-refractivity contribution < 1.29 is 21.6 Å². The molecule has 0 saturated heterocycles. The summed E-state index contributed by atoms with van der Waals surface area (Å²) in [6, 6.07) is 4.34. The lowest BCUT2D eigenvalue weighted by atomic mass is 10.0. The van der Waals surface area contributed by atoms with Crippen LogP contribution in [0.2, 0.25) is 0 Å². The van der Waals surface area contributed by atoms with Gasteiger partial charge in [0.2, 0.25) is 15.0 Å². The smallest absolute Gasteiger partial charge is 0.249 e. The summed E-state index contributed by atoms with van der Waals surface area (Å²) in [5.41, 5.74) is -1.72. The Morgan fingerprint density at radius 3 is 2.48 bits per heavy atom. The number of aromatic amines is 1. The van der Waals surface area contributed by atoms with Crippen LogP contribution in [-0.4, -0.2) is 29.9 Å². The molecule has 0 saturated carbocycles. The Kier molecular flexibility index (Phi) is 3.46. The van der Waals surface area contributed by atoms with Gasteiger partial charge in [-0.05, 0) is 18.2 Å². The van der Waals surface area contributed by atoms with E-state index in [9.17, 15) is 21.6 Å². The number of benzene rings is 1. The zero-order valence-electron chi connectivity index (χ0n) is 10.4. The fourth-order valence-corrected chi connectivity index (χ4v) is 2.02. The van der Waals surface area contributed by atoms with Gasteiger partial charge in [0.15, 0.2) is 5.82 Å². The van der Waals surface area contributed by atoms with Crippen molar-refractivity contribution in [3.8, 4) is 17.5 Å². The molecule has 0 radical (unpaired) electrons. The van der Waals surface area contributed by atoms with Crippen LogP contribution in [0.5, 0.6) is 0 Å². The number of hydrogen-bond acceptors (Lipinski definition) is 5. The average Bonchev–Trinajstić information content (AvgIpc) is 2.86. The fraction of sp³-hybridized carbons (Fsp3) is 0.182. The zero-order chi connectivity index (χ0) is 15.8. The molecule has 0 atom stereocenters. The number of nitrogens with one attached hydrogen (secondary N) is 1. The summed E-state index contributed by atoms with van der Waals surface area (Å²) in [6.07, 6.45) is -3.83. The van der Waals surface area contributed by atoms with E-state index >= 15 is 0 Å². The largest absolute Gasteiger partial charge is 0.417 e. The molecule has 2 rings (SSSR count). The molecule has 0 aliphatic carbocycles. The number of alkyl halides is 3. The normalized spacial score (nSPS) is 12.1. The number of hydrogen-bond donors (Lipinski definition) is 1. The van der Waals surface area contributed by atoms with Crippen molar-refractivity contribution in [3.63, 3.8) is 0 Å². The van der Waals surface area contributed by atoms with Gasteiger partial charge in [-0.2, -0.15) is 28.5 Å². The maximum absolute atomic E-state index is 12.8. The number of halogens is 3. The summed E-state index contributed by atoms with van der Waals surface area (Å²) in [5, 5.41) is 13.9. The van der Waals surface area contributed by atoms with Gasteiger partial charge in [-0.15, -0.1) is 0 Å². The zero-order valence-corrected chi connectivity index (χ0v) is 11.2. The Morgan fingerprint density at radius 1 is 1.33 bits per heavy atom. The van der Waals surface area contributed by atoms with E-state index < -0.39 is 32.3 Å². The minimum Gasteiger partial charge on any atom is -0.249 e. The monoisotopic (exact) mass is 316 g/mol. The Hall–Kier alpha value is -2.41. The summed E-state index contributed by atoms with van der Waals surface area (Å²) < 4.78 is 61.0. The number of rotatable bonds is 2. The second-order valence-corrected chi connectivity index (χ2v) is 6.04. The van der Waals surface area contributed by atoms with E-state index in [1.54, 1.807) is 0 Å². The lowest BCUT2D eigenvalue weighted by molar-refractivity contribution is -0.137. The Balaban J connectivity index is 2.57. The first-order valence-electron chi connectivity index (χ1n) is 5.37. The van der Waals surface area contributed by atoms with Crippen LogP contribution in [0.25, 0.3) is 11.4 Å². The van der Waals surface area contributed by atoms with E-state index in [0.717, 1.165) is 12.3 Å². The van der Waals surface area contributed by atoms with Gasteiger partial charge < -0.3 is 0 Å². The van der Waals surface area contributed by atoms with Gasteiger partial charge in [0.05, 0.1) is 17.2 Å². The topological polar surface area (TPSA) is 99.5 Å². The molecule has 6 nitrogen and oxygen atoms in total. The fourth-order valence-electron chi connectivity index (χ4n) is 1.56. The summed E-state index contributed by atoms with van der Waals surface area (Å²) >= 11 is 0. The minimum absolute atomic E-state index is 0.0486. The highest BCUT2D eigenvalue weighted by Crippen LogP contribution is 2.34. The van der Waals surface area contributed by atoms with Crippen molar-refractivity contribution in [2.24, 2.45) is 0 Å². The highest BCUT2D eigenvalue weighted by molar-refractivity contribution is 7.90. The summed E-state index contributed by atoms with van der Waals surface area (Å²) in [5.74, 6) is -0.203. The van der Waals surface area contributed by atoms with Crippen LogP contribution < -0.4 is 0 Å². The Morgan fingerprint density at radius 2 is 2.00 bits per heavy atom. The molecule has 0 aliphatic heterocycles. The third-order valence-electron chi connectivity index (χ3n) is 2.52. The number of nitrogens with zero attached hydrogens (tertiary/aromatic N) is 3. The average molecular weight is 316 g/mol. The summed E-state index contributed by atoms with van der Waals surface area (Å²) in [7, 11) is -3.65. The third-order valence-corrected chi connectivity index (χ3v) is 3.40. The maximum atomic E-state index is 12.8. The molecule has 1 aromatic heterocycles. The lowest BCUT2D eigenvalue weighted by Gasteiger charge is -2.09. The molecular formula is C11H7F3N4O2S. The molecule has 10 heteroatoms. The first-order valence-corrected chi connectivity index (χ1v) is 7.26.